The van der Waals surface area contributed by atoms with Gasteiger partial charge >= 0.3 is 0 Å². The second kappa shape index (κ2) is 8.78. The maximum Gasteiger partial charge on any atom is 0.251 e. The molecule has 0 spiro atoms. The van der Waals surface area contributed by atoms with Gasteiger partial charge in [-0.2, -0.15) is 0 Å². The van der Waals surface area contributed by atoms with Gasteiger partial charge in [-0.25, -0.2) is 4.98 Å². The Morgan fingerprint density at radius 1 is 1.04 bits per heavy atom. The van der Waals surface area contributed by atoms with Crippen LogP contribution in [-0.4, -0.2) is 23.3 Å². The number of fused-ring (bicyclic) bond motifs is 1. The molecule has 0 fully saturated rings. The number of thiazole rings is 1. The van der Waals surface area contributed by atoms with Crippen molar-refractivity contribution in [2.75, 3.05) is 6.54 Å². The van der Waals surface area contributed by atoms with Crippen molar-refractivity contribution in [2.45, 2.75) is 19.4 Å². The lowest BCUT2D eigenvalue weighted by atomic mass is 10.2. The number of halogens is 1. The molecule has 5 nitrogen and oxygen atoms in total. The molecule has 1 aromatic heterocycles. The van der Waals surface area contributed by atoms with Gasteiger partial charge in [0.1, 0.15) is 5.01 Å². The molecule has 0 atom stereocenters. The second-order valence-electron chi connectivity index (χ2n) is 5.72. The summed E-state index contributed by atoms with van der Waals surface area (Å²) < 4.78 is 1.11. The molecule has 0 unspecified atom stereocenters. The van der Waals surface area contributed by atoms with Gasteiger partial charge in [0.05, 0.1) is 16.8 Å². The molecule has 26 heavy (non-hydrogen) atoms. The molecule has 0 aliphatic rings. The molecule has 3 rings (SSSR count). The summed E-state index contributed by atoms with van der Waals surface area (Å²) in [6.07, 6.45) is 0.927. The van der Waals surface area contributed by atoms with Gasteiger partial charge in [-0.3, -0.25) is 9.59 Å². The molecule has 0 saturated heterocycles. The molecule has 2 amide bonds. The zero-order chi connectivity index (χ0) is 18.4. The summed E-state index contributed by atoms with van der Waals surface area (Å²) in [5.74, 6) is -0.221. The minimum atomic E-state index is -0.170. The van der Waals surface area contributed by atoms with Crippen molar-refractivity contribution in [1.82, 2.24) is 15.6 Å². The molecular weight excluding hydrogens is 370 g/mol. The fraction of sp³-hybridized carbons (Fsp3) is 0.211. The first-order chi connectivity index (χ1) is 12.6. The molecule has 134 valence electrons. The Morgan fingerprint density at radius 3 is 2.58 bits per heavy atom. The highest BCUT2D eigenvalue weighted by molar-refractivity contribution is 7.18. The van der Waals surface area contributed by atoms with Gasteiger partial charge in [-0.15, -0.1) is 11.3 Å². The van der Waals surface area contributed by atoms with Crippen molar-refractivity contribution < 1.29 is 9.59 Å². The van der Waals surface area contributed by atoms with Gasteiger partial charge in [-0.1, -0.05) is 23.7 Å². The van der Waals surface area contributed by atoms with Gasteiger partial charge in [-0.05, 0) is 42.8 Å². The largest absolute Gasteiger partial charge is 0.352 e. The van der Waals surface area contributed by atoms with Crippen molar-refractivity contribution in [2.24, 2.45) is 0 Å². The number of rotatable bonds is 7. The molecule has 0 radical (unpaired) electrons. The summed E-state index contributed by atoms with van der Waals surface area (Å²) in [5, 5.41) is 7.13. The highest BCUT2D eigenvalue weighted by Gasteiger charge is 2.07. The Bertz CT molecular complexity index is 876. The number of hydrogen-bond donors (Lipinski definition) is 2. The van der Waals surface area contributed by atoms with E-state index in [9.17, 15) is 9.59 Å². The zero-order valence-corrected chi connectivity index (χ0v) is 15.6. The van der Waals surface area contributed by atoms with Crippen LogP contribution in [0, 0.1) is 0 Å². The molecule has 1 heterocycles. The number of benzene rings is 2. The Kier molecular flexibility index (Phi) is 6.20. The lowest BCUT2D eigenvalue weighted by molar-refractivity contribution is -0.121. The van der Waals surface area contributed by atoms with E-state index in [0.717, 1.165) is 15.2 Å². The minimum Gasteiger partial charge on any atom is -0.352 e. The number of nitrogens with one attached hydrogen (secondary N) is 2. The molecule has 0 saturated carbocycles. The number of carbonyl (C=O) groups excluding carboxylic acids is 2. The number of para-hydroxylation sites is 1. The van der Waals surface area contributed by atoms with Crippen LogP contribution in [0.25, 0.3) is 10.2 Å². The minimum absolute atomic E-state index is 0.0509. The van der Waals surface area contributed by atoms with Crippen LogP contribution in [0.15, 0.2) is 48.5 Å². The summed E-state index contributed by atoms with van der Waals surface area (Å²) in [5.41, 5.74) is 1.50. The number of aromatic nitrogens is 1. The Morgan fingerprint density at radius 2 is 1.81 bits per heavy atom. The lowest BCUT2D eigenvalue weighted by Gasteiger charge is -2.06. The quantitative estimate of drug-likeness (QED) is 0.606. The second-order valence-corrected chi connectivity index (χ2v) is 7.27. The predicted octanol–water partition coefficient (Wildman–Crippen LogP) is 3.78. The van der Waals surface area contributed by atoms with Crippen LogP contribution in [0.5, 0.6) is 0 Å². The first-order valence-corrected chi connectivity index (χ1v) is 9.46. The molecule has 7 heteroatoms. The summed E-state index contributed by atoms with van der Waals surface area (Å²) >= 11 is 7.37. The van der Waals surface area contributed by atoms with Crippen molar-refractivity contribution in [3.63, 3.8) is 0 Å². The molecule has 0 aliphatic heterocycles. The molecule has 2 N–H and O–H groups in total. The zero-order valence-electron chi connectivity index (χ0n) is 14.0. The lowest BCUT2D eigenvalue weighted by Crippen LogP contribution is -2.27. The number of carbonyl (C=O) groups is 2. The summed E-state index contributed by atoms with van der Waals surface area (Å²) in [6.45, 7) is 0.866. The monoisotopic (exact) mass is 387 g/mol. The average Bonchev–Trinajstić information content (AvgIpc) is 3.07. The third-order valence-electron chi connectivity index (χ3n) is 3.75. The van der Waals surface area contributed by atoms with E-state index in [0.29, 0.717) is 36.5 Å². The van der Waals surface area contributed by atoms with Gasteiger partial charge < -0.3 is 10.6 Å². The molecule has 3 aromatic rings. The van der Waals surface area contributed by atoms with Gasteiger partial charge in [0.25, 0.3) is 5.91 Å². The molecular formula is C19H18ClN3O2S. The van der Waals surface area contributed by atoms with E-state index in [1.165, 1.54) is 0 Å². The van der Waals surface area contributed by atoms with Crippen LogP contribution in [0.3, 0.4) is 0 Å². The third kappa shape index (κ3) is 5.03. The molecule has 0 aliphatic carbocycles. The SMILES string of the molecule is O=C(CCCNC(=O)c1ccc(Cl)cc1)NCc1nc2ccccc2s1. The van der Waals surface area contributed by atoms with E-state index in [1.54, 1.807) is 35.6 Å². The number of nitrogens with zero attached hydrogens (tertiary/aromatic N) is 1. The van der Waals surface area contributed by atoms with Crippen molar-refractivity contribution >= 4 is 45.0 Å². The van der Waals surface area contributed by atoms with Crippen molar-refractivity contribution in [3.05, 3.63) is 64.1 Å². The van der Waals surface area contributed by atoms with Crippen LogP contribution in [0.4, 0.5) is 0 Å². The average molecular weight is 388 g/mol. The van der Waals surface area contributed by atoms with E-state index >= 15 is 0 Å². The summed E-state index contributed by atoms with van der Waals surface area (Å²) in [7, 11) is 0. The van der Waals surface area contributed by atoms with E-state index < -0.39 is 0 Å². The standard InChI is InChI=1S/C19H18ClN3O2S/c20-14-9-7-13(8-10-14)19(25)21-11-3-6-17(24)22-12-18-23-15-4-1-2-5-16(15)26-18/h1-2,4-5,7-10H,3,6,11-12H2,(H,21,25)(H,22,24). The molecule has 0 bridgehead atoms. The smallest absolute Gasteiger partial charge is 0.251 e. The Hall–Kier alpha value is -2.44. The number of hydrogen-bond acceptors (Lipinski definition) is 4. The first kappa shape index (κ1) is 18.4. The Labute approximate surface area is 160 Å². The van der Waals surface area contributed by atoms with E-state index in [1.807, 2.05) is 24.3 Å². The predicted molar refractivity (Wildman–Crippen MR) is 104 cm³/mol. The van der Waals surface area contributed by atoms with Gasteiger partial charge in [0.2, 0.25) is 5.91 Å². The fourth-order valence-corrected chi connectivity index (χ4v) is 3.45. The Balaban J connectivity index is 1.36. The third-order valence-corrected chi connectivity index (χ3v) is 5.04. The van der Waals surface area contributed by atoms with Crippen LogP contribution in [0.1, 0.15) is 28.2 Å². The summed E-state index contributed by atoms with van der Waals surface area (Å²) in [4.78, 5) is 28.3. The van der Waals surface area contributed by atoms with Crippen LogP contribution in [0.2, 0.25) is 5.02 Å². The normalized spacial score (nSPS) is 10.7. The summed E-state index contributed by atoms with van der Waals surface area (Å²) in [6, 6.07) is 14.6. The van der Waals surface area contributed by atoms with Crippen LogP contribution < -0.4 is 10.6 Å². The fourth-order valence-electron chi connectivity index (χ4n) is 2.41. The van der Waals surface area contributed by atoms with Gasteiger partial charge in [0.15, 0.2) is 0 Å². The highest BCUT2D eigenvalue weighted by atomic mass is 35.5. The van der Waals surface area contributed by atoms with Crippen LogP contribution in [-0.2, 0) is 11.3 Å². The van der Waals surface area contributed by atoms with E-state index in [4.69, 9.17) is 11.6 Å². The van der Waals surface area contributed by atoms with Crippen molar-refractivity contribution in [1.29, 1.82) is 0 Å². The van der Waals surface area contributed by atoms with Crippen LogP contribution >= 0.6 is 22.9 Å². The topological polar surface area (TPSA) is 71.1 Å². The maximum atomic E-state index is 11.9. The first-order valence-electron chi connectivity index (χ1n) is 8.27. The van der Waals surface area contributed by atoms with E-state index in [2.05, 4.69) is 15.6 Å². The molecule has 2 aromatic carbocycles. The van der Waals surface area contributed by atoms with Crippen molar-refractivity contribution in [3.8, 4) is 0 Å². The number of amides is 2. The maximum absolute atomic E-state index is 11.9. The van der Waals surface area contributed by atoms with E-state index in [-0.39, 0.29) is 11.8 Å². The van der Waals surface area contributed by atoms with Gasteiger partial charge in [0, 0.05) is 23.6 Å². The highest BCUT2D eigenvalue weighted by Crippen LogP contribution is 2.21.